The largest absolute Gasteiger partial charge is 0.401 e. The molecule has 0 aromatic heterocycles. The molecule has 1 saturated carbocycles. The van der Waals surface area contributed by atoms with Gasteiger partial charge in [-0.15, -0.1) is 0 Å². The Morgan fingerprint density at radius 3 is 2.71 bits per heavy atom. The van der Waals surface area contributed by atoms with Crippen LogP contribution in [0.2, 0.25) is 0 Å². The van der Waals surface area contributed by atoms with Gasteiger partial charge in [0.05, 0.1) is 24.7 Å². The molecule has 1 aromatic rings. The van der Waals surface area contributed by atoms with Gasteiger partial charge >= 0.3 is 6.18 Å². The molecule has 0 atom stereocenters. The first-order valence-electron chi connectivity index (χ1n) is 6.48. The zero-order valence-electron chi connectivity index (χ0n) is 11.2. The molecule has 4 nitrogen and oxygen atoms in total. The molecule has 1 amide bonds. The highest BCUT2D eigenvalue weighted by Gasteiger charge is 2.38. The molecular weight excluding hydrogens is 283 g/mol. The summed E-state index contributed by atoms with van der Waals surface area (Å²) in [4.78, 5) is 13.0. The molecule has 0 unspecified atom stereocenters. The fourth-order valence-corrected chi connectivity index (χ4v) is 2.04. The first-order valence-corrected chi connectivity index (χ1v) is 6.48. The van der Waals surface area contributed by atoms with E-state index in [4.69, 9.17) is 5.26 Å². The maximum atomic E-state index is 12.5. The average molecular weight is 297 g/mol. The van der Waals surface area contributed by atoms with Crippen LogP contribution in [0.1, 0.15) is 18.4 Å². The summed E-state index contributed by atoms with van der Waals surface area (Å²) in [6, 6.07) is 8.01. The summed E-state index contributed by atoms with van der Waals surface area (Å²) in [5.74, 6) is -0.513. The van der Waals surface area contributed by atoms with Crippen LogP contribution in [-0.2, 0) is 4.79 Å². The van der Waals surface area contributed by atoms with Gasteiger partial charge in [-0.05, 0) is 31.0 Å². The molecule has 1 aliphatic rings. The Bertz CT molecular complexity index is 561. The van der Waals surface area contributed by atoms with E-state index in [1.165, 1.54) is 6.07 Å². The van der Waals surface area contributed by atoms with Crippen molar-refractivity contribution in [2.24, 2.45) is 0 Å². The standard InChI is InChI=1S/C14H14F3N3O/c15-14(16,17)9-20(12-4-5-12)8-13(21)19-11-3-1-2-10(6-11)7-18/h1-3,6,12H,4-5,8-9H2,(H,19,21). The second-order valence-electron chi connectivity index (χ2n) is 4.99. The van der Waals surface area contributed by atoms with Crippen LogP contribution < -0.4 is 5.32 Å². The smallest absolute Gasteiger partial charge is 0.325 e. The molecule has 1 aliphatic carbocycles. The Morgan fingerprint density at radius 2 is 2.14 bits per heavy atom. The van der Waals surface area contributed by atoms with Crippen molar-refractivity contribution < 1.29 is 18.0 Å². The summed E-state index contributed by atoms with van der Waals surface area (Å²) in [6.07, 6.45) is -2.94. The summed E-state index contributed by atoms with van der Waals surface area (Å²) in [5, 5.41) is 11.3. The number of halogens is 3. The lowest BCUT2D eigenvalue weighted by Gasteiger charge is -2.22. The van der Waals surface area contributed by atoms with E-state index in [1.807, 2.05) is 6.07 Å². The van der Waals surface area contributed by atoms with Crippen molar-refractivity contribution in [2.75, 3.05) is 18.4 Å². The normalized spacial score (nSPS) is 14.8. The average Bonchev–Trinajstić information content (AvgIpc) is 3.20. The molecule has 0 aliphatic heterocycles. The number of carbonyl (C=O) groups excluding carboxylic acids is 1. The van der Waals surface area contributed by atoms with E-state index >= 15 is 0 Å². The first kappa shape index (κ1) is 15.3. The van der Waals surface area contributed by atoms with E-state index in [9.17, 15) is 18.0 Å². The Kier molecular flexibility index (Phi) is 4.48. The third-order valence-electron chi connectivity index (χ3n) is 3.07. The fraction of sp³-hybridized carbons (Fsp3) is 0.429. The van der Waals surface area contributed by atoms with Crippen molar-refractivity contribution in [1.82, 2.24) is 4.90 Å². The minimum atomic E-state index is -4.32. The van der Waals surface area contributed by atoms with Crippen LogP contribution in [0, 0.1) is 11.3 Å². The molecule has 1 N–H and O–H groups in total. The van der Waals surface area contributed by atoms with Crippen LogP contribution in [0.15, 0.2) is 24.3 Å². The van der Waals surface area contributed by atoms with Crippen LogP contribution >= 0.6 is 0 Å². The SMILES string of the molecule is N#Cc1cccc(NC(=O)CN(CC(F)(F)F)C2CC2)c1. The van der Waals surface area contributed by atoms with Gasteiger partial charge in [0.15, 0.2) is 0 Å². The van der Waals surface area contributed by atoms with Crippen LogP contribution in [0.5, 0.6) is 0 Å². The van der Waals surface area contributed by atoms with E-state index < -0.39 is 18.6 Å². The predicted octanol–water partition coefficient (Wildman–Crippen LogP) is 2.52. The van der Waals surface area contributed by atoms with Crippen molar-refractivity contribution in [3.63, 3.8) is 0 Å². The Hall–Kier alpha value is -2.07. The third-order valence-corrected chi connectivity index (χ3v) is 3.07. The molecule has 112 valence electrons. The molecule has 0 bridgehead atoms. The highest BCUT2D eigenvalue weighted by molar-refractivity contribution is 5.92. The molecule has 7 heteroatoms. The summed E-state index contributed by atoms with van der Waals surface area (Å²) in [6.45, 7) is -1.38. The molecule has 0 heterocycles. The topological polar surface area (TPSA) is 56.1 Å². The van der Waals surface area contributed by atoms with Gasteiger partial charge < -0.3 is 5.32 Å². The van der Waals surface area contributed by atoms with E-state index in [-0.39, 0.29) is 12.6 Å². The summed E-state index contributed by atoms with van der Waals surface area (Å²) in [7, 11) is 0. The van der Waals surface area contributed by atoms with E-state index in [0.29, 0.717) is 24.1 Å². The summed E-state index contributed by atoms with van der Waals surface area (Å²) in [5.41, 5.74) is 0.781. The zero-order valence-corrected chi connectivity index (χ0v) is 11.2. The Morgan fingerprint density at radius 1 is 1.43 bits per heavy atom. The number of hydrogen-bond donors (Lipinski definition) is 1. The highest BCUT2D eigenvalue weighted by Crippen LogP contribution is 2.29. The van der Waals surface area contributed by atoms with Gasteiger partial charge in [0.1, 0.15) is 0 Å². The quantitative estimate of drug-likeness (QED) is 0.908. The number of alkyl halides is 3. The van der Waals surface area contributed by atoms with Crippen LogP contribution in [0.4, 0.5) is 18.9 Å². The van der Waals surface area contributed by atoms with Crippen molar-refractivity contribution in [3.05, 3.63) is 29.8 Å². The van der Waals surface area contributed by atoms with Crippen LogP contribution in [0.25, 0.3) is 0 Å². The lowest BCUT2D eigenvalue weighted by molar-refractivity contribution is -0.149. The van der Waals surface area contributed by atoms with Gasteiger partial charge in [-0.1, -0.05) is 6.07 Å². The number of amides is 1. The molecule has 0 spiro atoms. The van der Waals surface area contributed by atoms with Crippen molar-refractivity contribution in [3.8, 4) is 6.07 Å². The maximum Gasteiger partial charge on any atom is 0.401 e. The van der Waals surface area contributed by atoms with Gasteiger partial charge in [-0.25, -0.2) is 0 Å². The van der Waals surface area contributed by atoms with Crippen LogP contribution in [-0.4, -0.2) is 36.1 Å². The van der Waals surface area contributed by atoms with E-state index in [2.05, 4.69) is 5.32 Å². The number of nitrogens with one attached hydrogen (secondary N) is 1. The number of rotatable bonds is 5. The molecular formula is C14H14F3N3O. The van der Waals surface area contributed by atoms with Crippen molar-refractivity contribution in [1.29, 1.82) is 5.26 Å². The van der Waals surface area contributed by atoms with Crippen molar-refractivity contribution in [2.45, 2.75) is 25.1 Å². The minimum Gasteiger partial charge on any atom is -0.325 e. The first-order chi connectivity index (χ1) is 9.87. The zero-order chi connectivity index (χ0) is 15.5. The third kappa shape index (κ3) is 5.08. The van der Waals surface area contributed by atoms with Gasteiger partial charge in [0.2, 0.25) is 5.91 Å². The van der Waals surface area contributed by atoms with Gasteiger partial charge in [0, 0.05) is 11.7 Å². The number of carbonyl (C=O) groups is 1. The Balaban J connectivity index is 1.94. The number of hydrogen-bond acceptors (Lipinski definition) is 3. The Labute approximate surface area is 120 Å². The van der Waals surface area contributed by atoms with Gasteiger partial charge in [-0.2, -0.15) is 18.4 Å². The monoisotopic (exact) mass is 297 g/mol. The molecule has 2 rings (SSSR count). The molecule has 1 aromatic carbocycles. The molecule has 0 saturated heterocycles. The second kappa shape index (κ2) is 6.14. The van der Waals surface area contributed by atoms with Gasteiger partial charge in [-0.3, -0.25) is 9.69 Å². The number of benzene rings is 1. The molecule has 21 heavy (non-hydrogen) atoms. The lowest BCUT2D eigenvalue weighted by atomic mass is 10.2. The van der Waals surface area contributed by atoms with E-state index in [1.54, 1.807) is 18.2 Å². The van der Waals surface area contributed by atoms with Gasteiger partial charge in [0.25, 0.3) is 0 Å². The number of anilines is 1. The maximum absolute atomic E-state index is 12.5. The summed E-state index contributed by atoms with van der Waals surface area (Å²) >= 11 is 0. The number of nitrogens with zero attached hydrogens (tertiary/aromatic N) is 2. The molecule has 1 fully saturated rings. The van der Waals surface area contributed by atoms with Crippen molar-refractivity contribution >= 4 is 11.6 Å². The van der Waals surface area contributed by atoms with E-state index in [0.717, 1.165) is 4.90 Å². The lowest BCUT2D eigenvalue weighted by Crippen LogP contribution is -2.41. The highest BCUT2D eigenvalue weighted by atomic mass is 19.4. The predicted molar refractivity (Wildman–Crippen MR) is 70.4 cm³/mol. The fourth-order valence-electron chi connectivity index (χ4n) is 2.04. The molecule has 0 radical (unpaired) electrons. The minimum absolute atomic E-state index is 0.164. The second-order valence-corrected chi connectivity index (χ2v) is 4.99. The summed E-state index contributed by atoms with van der Waals surface area (Å²) < 4.78 is 37.4. The van der Waals surface area contributed by atoms with Crippen LogP contribution in [0.3, 0.4) is 0 Å². The number of nitriles is 1.